The second-order valence-electron chi connectivity index (χ2n) is 8.59. The van der Waals surface area contributed by atoms with E-state index in [0.29, 0.717) is 0 Å². The normalized spacial score (nSPS) is 12.6. The SMILES string of the molecule is c1ccc(-c2cc(-c3nccc4sc5c(c34)CCc3ccncc3-5)cc3ccccc23)cc1. The van der Waals surface area contributed by atoms with Crippen LogP contribution in [0.2, 0.25) is 0 Å². The molecule has 0 bridgehead atoms. The Balaban J connectivity index is 1.52. The van der Waals surface area contributed by atoms with Crippen LogP contribution in [0.1, 0.15) is 11.1 Å². The van der Waals surface area contributed by atoms with Crippen molar-refractivity contribution in [2.24, 2.45) is 0 Å². The Hall–Kier alpha value is -3.82. The topological polar surface area (TPSA) is 25.8 Å². The van der Waals surface area contributed by atoms with Crippen molar-refractivity contribution in [3.8, 4) is 32.8 Å². The third-order valence-electron chi connectivity index (χ3n) is 6.72. The van der Waals surface area contributed by atoms with Crippen LogP contribution in [-0.2, 0) is 12.8 Å². The first-order valence-corrected chi connectivity index (χ1v) is 12.1. The van der Waals surface area contributed by atoms with E-state index in [1.54, 1.807) is 0 Å². The summed E-state index contributed by atoms with van der Waals surface area (Å²) >= 11 is 1.88. The first-order valence-electron chi connectivity index (χ1n) is 11.3. The highest BCUT2D eigenvalue weighted by molar-refractivity contribution is 7.22. The summed E-state index contributed by atoms with van der Waals surface area (Å²) in [6.45, 7) is 0. The zero-order valence-corrected chi connectivity index (χ0v) is 18.8. The highest BCUT2D eigenvalue weighted by atomic mass is 32.1. The molecule has 0 spiro atoms. The van der Waals surface area contributed by atoms with Gasteiger partial charge in [-0.05, 0) is 70.1 Å². The first-order chi connectivity index (χ1) is 16.4. The van der Waals surface area contributed by atoms with Crippen LogP contribution in [0.3, 0.4) is 0 Å². The molecule has 2 nitrogen and oxygen atoms in total. The zero-order chi connectivity index (χ0) is 21.8. The van der Waals surface area contributed by atoms with E-state index >= 15 is 0 Å². The van der Waals surface area contributed by atoms with Gasteiger partial charge in [-0.2, -0.15) is 0 Å². The molecule has 3 heteroatoms. The molecule has 6 aromatic rings. The summed E-state index contributed by atoms with van der Waals surface area (Å²) in [5.41, 5.74) is 8.85. The zero-order valence-electron chi connectivity index (χ0n) is 18.0. The van der Waals surface area contributed by atoms with Gasteiger partial charge in [0.2, 0.25) is 0 Å². The van der Waals surface area contributed by atoms with Crippen molar-refractivity contribution in [3.05, 3.63) is 109 Å². The van der Waals surface area contributed by atoms with Gasteiger partial charge in [0, 0.05) is 44.7 Å². The van der Waals surface area contributed by atoms with Crippen LogP contribution in [0.25, 0.3) is 53.7 Å². The van der Waals surface area contributed by atoms with E-state index in [9.17, 15) is 0 Å². The van der Waals surface area contributed by atoms with Crippen LogP contribution in [0.15, 0.2) is 97.5 Å². The fourth-order valence-electron chi connectivity index (χ4n) is 5.19. The van der Waals surface area contributed by atoms with Gasteiger partial charge in [-0.1, -0.05) is 54.6 Å². The van der Waals surface area contributed by atoms with E-state index in [2.05, 4.69) is 83.8 Å². The van der Waals surface area contributed by atoms with E-state index in [1.165, 1.54) is 59.1 Å². The molecule has 0 unspecified atom stereocenters. The minimum absolute atomic E-state index is 1.05. The highest BCUT2D eigenvalue weighted by Gasteiger charge is 2.24. The Morgan fingerprint density at radius 2 is 1.61 bits per heavy atom. The molecule has 0 N–H and O–H groups in total. The van der Waals surface area contributed by atoms with Gasteiger partial charge in [0.05, 0.1) is 5.69 Å². The van der Waals surface area contributed by atoms with Crippen molar-refractivity contribution in [2.45, 2.75) is 12.8 Å². The molecule has 0 radical (unpaired) electrons. The highest BCUT2D eigenvalue weighted by Crippen LogP contribution is 2.46. The number of aryl methyl sites for hydroxylation is 2. The summed E-state index contributed by atoms with van der Waals surface area (Å²) in [6, 6.07) is 28.3. The Labute approximate surface area is 196 Å². The van der Waals surface area contributed by atoms with Gasteiger partial charge in [0.15, 0.2) is 0 Å². The number of rotatable bonds is 2. The van der Waals surface area contributed by atoms with E-state index < -0.39 is 0 Å². The summed E-state index contributed by atoms with van der Waals surface area (Å²) in [5, 5.41) is 3.82. The fourth-order valence-corrected chi connectivity index (χ4v) is 6.48. The number of aromatic nitrogens is 2. The molecule has 0 saturated carbocycles. The molecule has 7 rings (SSSR count). The van der Waals surface area contributed by atoms with Gasteiger partial charge < -0.3 is 0 Å². The smallest absolute Gasteiger partial charge is 0.0792 e. The lowest BCUT2D eigenvalue weighted by Crippen LogP contribution is -2.02. The quantitative estimate of drug-likeness (QED) is 0.273. The van der Waals surface area contributed by atoms with Crippen LogP contribution in [-0.4, -0.2) is 9.97 Å². The van der Waals surface area contributed by atoms with Crippen molar-refractivity contribution in [3.63, 3.8) is 0 Å². The average molecular weight is 441 g/mol. The number of nitrogens with zero attached hydrogens (tertiary/aromatic N) is 2. The Morgan fingerprint density at radius 1 is 0.727 bits per heavy atom. The molecule has 3 heterocycles. The van der Waals surface area contributed by atoms with Crippen molar-refractivity contribution in [2.75, 3.05) is 0 Å². The van der Waals surface area contributed by atoms with Crippen LogP contribution in [0, 0.1) is 0 Å². The number of hydrogen-bond donors (Lipinski definition) is 0. The van der Waals surface area contributed by atoms with Crippen LogP contribution >= 0.6 is 11.3 Å². The molecule has 156 valence electrons. The molecule has 3 aromatic heterocycles. The van der Waals surface area contributed by atoms with Crippen molar-refractivity contribution in [1.82, 2.24) is 9.97 Å². The molecule has 3 aromatic carbocycles. The molecule has 33 heavy (non-hydrogen) atoms. The summed E-state index contributed by atoms with van der Waals surface area (Å²) < 4.78 is 1.30. The molecule has 0 saturated heterocycles. The number of pyridine rings is 2. The fraction of sp³-hybridized carbons (Fsp3) is 0.0667. The molecule has 1 aliphatic carbocycles. The van der Waals surface area contributed by atoms with Crippen molar-refractivity contribution < 1.29 is 0 Å². The lowest BCUT2D eigenvalue weighted by molar-refractivity contribution is 0.951. The van der Waals surface area contributed by atoms with E-state index in [0.717, 1.165) is 18.5 Å². The lowest BCUT2D eigenvalue weighted by Gasteiger charge is -2.16. The molecule has 0 atom stereocenters. The first kappa shape index (κ1) is 18.7. The minimum Gasteiger partial charge on any atom is -0.264 e. The van der Waals surface area contributed by atoms with Gasteiger partial charge >= 0.3 is 0 Å². The van der Waals surface area contributed by atoms with Crippen LogP contribution in [0.4, 0.5) is 0 Å². The third kappa shape index (κ3) is 2.93. The second kappa shape index (κ2) is 7.36. The largest absolute Gasteiger partial charge is 0.264 e. The van der Waals surface area contributed by atoms with Gasteiger partial charge in [-0.15, -0.1) is 11.3 Å². The predicted octanol–water partition coefficient (Wildman–Crippen LogP) is 7.94. The summed E-state index contributed by atoms with van der Waals surface area (Å²) in [5.74, 6) is 0. The summed E-state index contributed by atoms with van der Waals surface area (Å²) in [6.07, 6.45) is 7.99. The van der Waals surface area contributed by atoms with Crippen LogP contribution in [0.5, 0.6) is 0 Å². The Bertz CT molecular complexity index is 1660. The molecule has 0 aliphatic heterocycles. The minimum atomic E-state index is 1.05. The maximum atomic E-state index is 4.95. The Kier molecular flexibility index (Phi) is 4.18. The second-order valence-corrected chi connectivity index (χ2v) is 9.64. The number of thiophene rings is 1. The number of fused-ring (bicyclic) bond motifs is 6. The average Bonchev–Trinajstić information content (AvgIpc) is 3.28. The molecular weight excluding hydrogens is 420 g/mol. The number of hydrogen-bond acceptors (Lipinski definition) is 3. The maximum absolute atomic E-state index is 4.95. The summed E-state index contributed by atoms with van der Waals surface area (Å²) in [4.78, 5) is 10.7. The molecule has 0 amide bonds. The van der Waals surface area contributed by atoms with Crippen LogP contribution < -0.4 is 0 Å². The van der Waals surface area contributed by atoms with Gasteiger partial charge in [-0.3, -0.25) is 9.97 Å². The maximum Gasteiger partial charge on any atom is 0.0792 e. The molecular formula is C30H20N2S. The van der Waals surface area contributed by atoms with Gasteiger partial charge in [-0.25, -0.2) is 0 Å². The monoisotopic (exact) mass is 440 g/mol. The van der Waals surface area contributed by atoms with E-state index in [-0.39, 0.29) is 0 Å². The standard InChI is InChI=1S/C30H20N2S/c1-2-6-19(7-3-1)25-17-22(16-21-8-4-5-9-23(21)25)29-28-24-11-10-20-12-14-31-18-26(20)30(24)33-27(28)13-15-32-29/h1-9,12-18H,10-11H2. The van der Waals surface area contributed by atoms with Gasteiger partial charge in [0.25, 0.3) is 0 Å². The van der Waals surface area contributed by atoms with Crippen molar-refractivity contribution in [1.29, 1.82) is 0 Å². The van der Waals surface area contributed by atoms with E-state index in [4.69, 9.17) is 4.98 Å². The van der Waals surface area contributed by atoms with E-state index in [1.807, 2.05) is 29.9 Å². The predicted molar refractivity (Wildman–Crippen MR) is 139 cm³/mol. The Morgan fingerprint density at radius 3 is 2.55 bits per heavy atom. The number of benzene rings is 3. The summed E-state index contributed by atoms with van der Waals surface area (Å²) in [7, 11) is 0. The molecule has 1 aliphatic rings. The third-order valence-corrected chi connectivity index (χ3v) is 7.95. The molecule has 0 fully saturated rings. The van der Waals surface area contributed by atoms with Gasteiger partial charge in [0.1, 0.15) is 0 Å². The lowest BCUT2D eigenvalue weighted by atomic mass is 9.89. The van der Waals surface area contributed by atoms with Crippen molar-refractivity contribution >= 4 is 32.2 Å².